The molecule has 0 fully saturated rings. The Balaban J connectivity index is 2.21. The Morgan fingerprint density at radius 2 is 1.80 bits per heavy atom. The van der Waals surface area contributed by atoms with E-state index in [0.717, 1.165) is 5.56 Å². The average molecular weight is 270 g/mol. The molecule has 2 aromatic carbocycles. The number of ketones is 1. The zero-order valence-electron chi connectivity index (χ0n) is 11.8. The number of ether oxygens (including phenoxy) is 2. The molecule has 0 aliphatic carbocycles. The van der Waals surface area contributed by atoms with E-state index in [1.54, 1.807) is 13.2 Å². The maximum atomic E-state index is 11.9. The first-order valence-electron chi connectivity index (χ1n) is 6.63. The number of benzene rings is 2. The highest BCUT2D eigenvalue weighted by Crippen LogP contribution is 2.32. The van der Waals surface area contributed by atoms with Gasteiger partial charge in [-0.3, -0.25) is 4.79 Å². The molecule has 0 saturated heterocycles. The predicted octanol–water partition coefficient (Wildman–Crippen LogP) is 3.87. The van der Waals surface area contributed by atoms with Crippen LogP contribution < -0.4 is 9.47 Å². The van der Waals surface area contributed by atoms with Crippen LogP contribution in [0.3, 0.4) is 0 Å². The van der Waals surface area contributed by atoms with E-state index in [4.69, 9.17) is 9.47 Å². The highest BCUT2D eigenvalue weighted by molar-refractivity contribution is 5.99. The molecule has 0 aliphatic heterocycles. The Bertz CT molecular complexity index is 576. The van der Waals surface area contributed by atoms with Crippen LogP contribution in [0.15, 0.2) is 48.5 Å². The fourth-order valence-corrected chi connectivity index (χ4v) is 1.99. The van der Waals surface area contributed by atoms with Gasteiger partial charge in [-0.05, 0) is 17.7 Å². The minimum Gasteiger partial charge on any atom is -0.492 e. The van der Waals surface area contributed by atoms with Crippen molar-refractivity contribution in [3.05, 3.63) is 59.7 Å². The van der Waals surface area contributed by atoms with E-state index in [1.165, 1.54) is 0 Å². The molecule has 0 spiro atoms. The van der Waals surface area contributed by atoms with Crippen molar-refractivity contribution in [1.82, 2.24) is 0 Å². The molecule has 0 atom stereocenters. The van der Waals surface area contributed by atoms with Gasteiger partial charge in [0.25, 0.3) is 0 Å². The van der Waals surface area contributed by atoms with Gasteiger partial charge in [0.15, 0.2) is 17.3 Å². The first kappa shape index (κ1) is 14.1. The van der Waals surface area contributed by atoms with Gasteiger partial charge in [0.2, 0.25) is 0 Å². The first-order valence-corrected chi connectivity index (χ1v) is 6.63. The van der Waals surface area contributed by atoms with E-state index >= 15 is 0 Å². The van der Waals surface area contributed by atoms with Gasteiger partial charge in [-0.15, -0.1) is 0 Å². The summed E-state index contributed by atoms with van der Waals surface area (Å²) in [4.78, 5) is 11.9. The molecule has 2 aromatic rings. The molecular formula is C17H18O3. The van der Waals surface area contributed by atoms with Gasteiger partial charge in [-0.25, -0.2) is 0 Å². The van der Waals surface area contributed by atoms with Gasteiger partial charge in [0.1, 0.15) is 6.61 Å². The molecule has 3 heteroatoms. The topological polar surface area (TPSA) is 35.5 Å². The van der Waals surface area contributed by atoms with Crippen molar-refractivity contribution < 1.29 is 14.3 Å². The lowest BCUT2D eigenvalue weighted by Crippen LogP contribution is -2.04. The summed E-state index contributed by atoms with van der Waals surface area (Å²) in [5.74, 6) is 1.15. The largest absolute Gasteiger partial charge is 0.492 e. The number of hydrogen-bond donors (Lipinski definition) is 0. The Hall–Kier alpha value is -2.29. The summed E-state index contributed by atoms with van der Waals surface area (Å²) in [6.45, 7) is 2.28. The summed E-state index contributed by atoms with van der Waals surface area (Å²) >= 11 is 0. The minimum atomic E-state index is 0.0482. The summed E-state index contributed by atoms with van der Waals surface area (Å²) in [5, 5.41) is 0. The zero-order valence-corrected chi connectivity index (χ0v) is 11.8. The zero-order chi connectivity index (χ0) is 14.4. The summed E-state index contributed by atoms with van der Waals surface area (Å²) < 4.78 is 11.1. The third-order valence-corrected chi connectivity index (χ3v) is 3.04. The summed E-state index contributed by atoms with van der Waals surface area (Å²) in [5.41, 5.74) is 1.64. The number of rotatable bonds is 6. The molecule has 0 N–H and O–H groups in total. The molecular weight excluding hydrogens is 252 g/mol. The average Bonchev–Trinajstić information content (AvgIpc) is 2.52. The van der Waals surface area contributed by atoms with Crippen LogP contribution in [-0.4, -0.2) is 12.9 Å². The van der Waals surface area contributed by atoms with Crippen LogP contribution in [0.1, 0.15) is 29.3 Å². The molecule has 2 rings (SSSR count). The van der Waals surface area contributed by atoms with E-state index in [9.17, 15) is 4.79 Å². The lowest BCUT2D eigenvalue weighted by atomic mass is 10.1. The highest BCUT2D eigenvalue weighted by Gasteiger charge is 2.15. The summed E-state index contributed by atoms with van der Waals surface area (Å²) in [6.07, 6.45) is 0.443. The van der Waals surface area contributed by atoms with Crippen LogP contribution in [0.4, 0.5) is 0 Å². The van der Waals surface area contributed by atoms with Gasteiger partial charge in [-0.2, -0.15) is 0 Å². The second-order valence-electron chi connectivity index (χ2n) is 4.39. The molecule has 104 valence electrons. The van der Waals surface area contributed by atoms with Gasteiger partial charge in [-0.1, -0.05) is 43.3 Å². The van der Waals surface area contributed by atoms with Crippen molar-refractivity contribution in [1.29, 1.82) is 0 Å². The molecule has 0 saturated carbocycles. The Morgan fingerprint density at radius 1 is 1.05 bits per heavy atom. The van der Waals surface area contributed by atoms with Crippen molar-refractivity contribution in [3.63, 3.8) is 0 Å². The van der Waals surface area contributed by atoms with Gasteiger partial charge in [0.05, 0.1) is 12.7 Å². The third kappa shape index (κ3) is 3.18. The fourth-order valence-electron chi connectivity index (χ4n) is 1.99. The van der Waals surface area contributed by atoms with E-state index in [2.05, 4.69) is 0 Å². The fraction of sp³-hybridized carbons (Fsp3) is 0.235. The Kier molecular flexibility index (Phi) is 4.77. The van der Waals surface area contributed by atoms with E-state index < -0.39 is 0 Å². The summed E-state index contributed by atoms with van der Waals surface area (Å²) in [6, 6.07) is 15.3. The molecule has 3 nitrogen and oxygen atoms in total. The minimum absolute atomic E-state index is 0.0482. The van der Waals surface area contributed by atoms with Crippen molar-refractivity contribution in [2.75, 3.05) is 7.11 Å². The van der Waals surface area contributed by atoms with Crippen LogP contribution in [0, 0.1) is 0 Å². The van der Waals surface area contributed by atoms with Crippen LogP contribution >= 0.6 is 0 Å². The normalized spacial score (nSPS) is 10.1. The Morgan fingerprint density at radius 3 is 2.45 bits per heavy atom. The van der Waals surface area contributed by atoms with Crippen molar-refractivity contribution in [2.45, 2.75) is 20.0 Å². The highest BCUT2D eigenvalue weighted by atomic mass is 16.5. The third-order valence-electron chi connectivity index (χ3n) is 3.04. The van der Waals surface area contributed by atoms with Gasteiger partial charge in [0, 0.05) is 6.42 Å². The number of carbonyl (C=O) groups excluding carboxylic acids is 1. The Labute approximate surface area is 119 Å². The molecule has 0 amide bonds. The molecule has 0 aromatic heterocycles. The van der Waals surface area contributed by atoms with Crippen LogP contribution in [0.2, 0.25) is 0 Å². The van der Waals surface area contributed by atoms with Crippen LogP contribution in [0.5, 0.6) is 11.5 Å². The second-order valence-corrected chi connectivity index (χ2v) is 4.39. The maximum Gasteiger partial charge on any atom is 0.171 e. The van der Waals surface area contributed by atoms with Crippen molar-refractivity contribution in [2.24, 2.45) is 0 Å². The van der Waals surface area contributed by atoms with Crippen molar-refractivity contribution in [3.8, 4) is 11.5 Å². The molecule has 20 heavy (non-hydrogen) atoms. The van der Waals surface area contributed by atoms with E-state index in [0.29, 0.717) is 30.1 Å². The lowest BCUT2D eigenvalue weighted by molar-refractivity contribution is 0.0984. The standard InChI is InChI=1S/C17H18O3/c1-3-15(18)14-10-7-11-16(17(14)19-2)20-12-13-8-5-4-6-9-13/h4-11H,3,12H2,1-2H3. The maximum absolute atomic E-state index is 11.9. The van der Waals surface area contributed by atoms with Crippen LogP contribution in [0.25, 0.3) is 0 Å². The molecule has 0 bridgehead atoms. The quantitative estimate of drug-likeness (QED) is 0.747. The van der Waals surface area contributed by atoms with E-state index in [-0.39, 0.29) is 5.78 Å². The number of Topliss-reactive ketones (excluding diaryl/α,β-unsaturated/α-hetero) is 1. The van der Waals surface area contributed by atoms with Crippen molar-refractivity contribution >= 4 is 5.78 Å². The number of methoxy groups -OCH3 is 1. The van der Waals surface area contributed by atoms with Gasteiger partial charge >= 0.3 is 0 Å². The molecule has 0 heterocycles. The van der Waals surface area contributed by atoms with E-state index in [1.807, 2.05) is 49.4 Å². The van der Waals surface area contributed by atoms with Gasteiger partial charge < -0.3 is 9.47 Å². The predicted molar refractivity (Wildman–Crippen MR) is 78.4 cm³/mol. The second kappa shape index (κ2) is 6.75. The monoisotopic (exact) mass is 270 g/mol. The van der Waals surface area contributed by atoms with Crippen LogP contribution in [-0.2, 0) is 6.61 Å². The number of carbonyl (C=O) groups is 1. The first-order chi connectivity index (χ1) is 9.76. The molecule has 0 unspecified atom stereocenters. The summed E-state index contributed by atoms with van der Waals surface area (Å²) in [7, 11) is 1.55. The molecule has 0 aliphatic rings. The smallest absolute Gasteiger partial charge is 0.171 e. The molecule has 0 radical (unpaired) electrons. The SMILES string of the molecule is CCC(=O)c1cccc(OCc2ccccc2)c1OC. The number of para-hydroxylation sites is 1. The number of hydrogen-bond acceptors (Lipinski definition) is 3. The lowest BCUT2D eigenvalue weighted by Gasteiger charge is -2.13.